The molecule has 1 aromatic rings. The zero-order chi connectivity index (χ0) is 15.0. The number of benzene rings is 1. The van der Waals surface area contributed by atoms with Gasteiger partial charge < -0.3 is 10.1 Å². The smallest absolute Gasteiger partial charge is 0.407 e. The van der Waals surface area contributed by atoms with Crippen LogP contribution in [-0.4, -0.2) is 39.7 Å². The monoisotopic (exact) mass is 300 g/mol. The molecule has 0 saturated carbocycles. The van der Waals surface area contributed by atoms with E-state index in [1.807, 2.05) is 6.07 Å². The summed E-state index contributed by atoms with van der Waals surface area (Å²) in [6.45, 7) is -0.279. The summed E-state index contributed by atoms with van der Waals surface area (Å²) >= 11 is 0. The number of carbonyl (C=O) groups is 1. The first-order valence-electron chi connectivity index (χ1n) is 5.61. The quantitative estimate of drug-likeness (QED) is 0.730. The number of nitrogens with one attached hydrogen (secondary N) is 1. The van der Waals surface area contributed by atoms with Gasteiger partial charge in [-0.1, -0.05) is 30.3 Å². The van der Waals surface area contributed by atoms with Crippen molar-refractivity contribution in [1.82, 2.24) is 5.32 Å². The van der Waals surface area contributed by atoms with Crippen LogP contribution in [0.1, 0.15) is 5.56 Å². The van der Waals surface area contributed by atoms with Crippen LogP contribution in [0.15, 0.2) is 30.3 Å². The molecule has 0 aliphatic rings. The van der Waals surface area contributed by atoms with Crippen LogP contribution in [0.3, 0.4) is 0 Å². The molecule has 1 atom stereocenters. The first-order chi connectivity index (χ1) is 9.40. The predicted molar refractivity (Wildman–Crippen MR) is 70.0 cm³/mol. The lowest BCUT2D eigenvalue weighted by Gasteiger charge is -2.10. The Morgan fingerprint density at radius 3 is 2.55 bits per heavy atom. The van der Waals surface area contributed by atoms with Crippen molar-refractivity contribution in [2.45, 2.75) is 12.7 Å². The number of hydrogen-bond donors (Lipinski definition) is 1. The van der Waals surface area contributed by atoms with E-state index in [1.165, 1.54) is 6.29 Å². The minimum Gasteiger partial charge on any atom is -0.445 e. The molecule has 1 unspecified atom stereocenters. The second kappa shape index (κ2) is 7.61. The average Bonchev–Trinajstić information content (AvgIpc) is 2.41. The van der Waals surface area contributed by atoms with E-state index in [1.54, 1.807) is 24.3 Å². The molecular formula is C12H14NO6S. The SMILES string of the molecule is CS(=O)(=O)OC([C]=O)CNC(=O)OCc1ccccc1. The predicted octanol–water partition coefficient (Wildman–Crippen LogP) is 0.367. The van der Waals surface area contributed by atoms with Crippen molar-refractivity contribution in [3.05, 3.63) is 35.9 Å². The number of amides is 1. The number of carbonyl (C=O) groups excluding carboxylic acids is 2. The molecule has 8 heteroatoms. The number of ether oxygens (including phenoxy) is 1. The third kappa shape index (κ3) is 6.86. The van der Waals surface area contributed by atoms with Crippen molar-refractivity contribution < 1.29 is 26.9 Å². The number of alkyl carbamates (subject to hydrolysis) is 1. The largest absolute Gasteiger partial charge is 0.445 e. The summed E-state index contributed by atoms with van der Waals surface area (Å²) in [4.78, 5) is 21.8. The van der Waals surface area contributed by atoms with Gasteiger partial charge >= 0.3 is 6.09 Å². The molecular weight excluding hydrogens is 286 g/mol. The lowest BCUT2D eigenvalue weighted by atomic mass is 10.2. The Morgan fingerprint density at radius 1 is 1.35 bits per heavy atom. The van der Waals surface area contributed by atoms with Gasteiger partial charge in [0.05, 0.1) is 12.8 Å². The molecule has 1 N–H and O–H groups in total. The summed E-state index contributed by atoms with van der Waals surface area (Å²) in [7, 11) is -3.79. The van der Waals surface area contributed by atoms with Gasteiger partial charge in [-0.3, -0.25) is 8.98 Å². The highest BCUT2D eigenvalue weighted by atomic mass is 32.2. The van der Waals surface area contributed by atoms with E-state index >= 15 is 0 Å². The standard InChI is InChI=1S/C12H14NO6S/c1-20(16,17)19-11(8-14)7-13-12(15)18-9-10-5-3-2-4-6-10/h2-6,11H,7,9H2,1H3,(H,13,15). The van der Waals surface area contributed by atoms with E-state index < -0.39 is 22.3 Å². The molecule has 0 aromatic heterocycles. The van der Waals surface area contributed by atoms with Gasteiger partial charge in [-0.2, -0.15) is 8.42 Å². The van der Waals surface area contributed by atoms with Crippen LogP contribution >= 0.6 is 0 Å². The number of rotatable bonds is 7. The molecule has 109 valence electrons. The zero-order valence-electron chi connectivity index (χ0n) is 10.7. The summed E-state index contributed by atoms with van der Waals surface area (Å²) in [6, 6.07) is 8.99. The van der Waals surface area contributed by atoms with Crippen LogP contribution in [0.2, 0.25) is 0 Å². The first-order valence-corrected chi connectivity index (χ1v) is 7.43. The highest BCUT2D eigenvalue weighted by Gasteiger charge is 2.17. The van der Waals surface area contributed by atoms with Gasteiger partial charge in [-0.15, -0.1) is 0 Å². The highest BCUT2D eigenvalue weighted by molar-refractivity contribution is 7.86. The average molecular weight is 300 g/mol. The normalized spacial score (nSPS) is 12.4. The van der Waals surface area contributed by atoms with Crippen LogP contribution < -0.4 is 5.32 Å². The maximum absolute atomic E-state index is 11.3. The Balaban J connectivity index is 2.33. The van der Waals surface area contributed by atoms with Crippen molar-refractivity contribution in [3.63, 3.8) is 0 Å². The van der Waals surface area contributed by atoms with Gasteiger partial charge in [0.15, 0.2) is 6.10 Å². The highest BCUT2D eigenvalue weighted by Crippen LogP contribution is 2.00. The van der Waals surface area contributed by atoms with Gasteiger partial charge in [0, 0.05) is 0 Å². The Labute approximate surface area is 117 Å². The van der Waals surface area contributed by atoms with Crippen LogP contribution in [-0.2, 0) is 30.4 Å². The Hall–Kier alpha value is -1.93. The fourth-order valence-corrected chi connectivity index (χ4v) is 1.79. The van der Waals surface area contributed by atoms with Crippen molar-refractivity contribution in [2.24, 2.45) is 0 Å². The maximum atomic E-state index is 11.3. The number of hydrogen-bond acceptors (Lipinski definition) is 6. The van der Waals surface area contributed by atoms with Gasteiger partial charge in [0.1, 0.15) is 6.61 Å². The molecule has 1 amide bonds. The van der Waals surface area contributed by atoms with Crippen molar-refractivity contribution in [2.75, 3.05) is 12.8 Å². The van der Waals surface area contributed by atoms with Gasteiger partial charge in [-0.25, -0.2) is 4.79 Å². The molecule has 0 fully saturated rings. The molecule has 20 heavy (non-hydrogen) atoms. The van der Waals surface area contributed by atoms with E-state index in [0.29, 0.717) is 0 Å². The van der Waals surface area contributed by atoms with E-state index in [-0.39, 0.29) is 13.2 Å². The third-order valence-electron chi connectivity index (χ3n) is 2.07. The lowest BCUT2D eigenvalue weighted by Crippen LogP contribution is -2.35. The fourth-order valence-electron chi connectivity index (χ4n) is 1.26. The molecule has 0 spiro atoms. The van der Waals surface area contributed by atoms with Crippen LogP contribution in [0, 0.1) is 0 Å². The molecule has 0 aliphatic heterocycles. The molecule has 0 bridgehead atoms. The molecule has 1 aromatic carbocycles. The fraction of sp³-hybridized carbons (Fsp3) is 0.333. The third-order valence-corrected chi connectivity index (χ3v) is 2.65. The van der Waals surface area contributed by atoms with E-state index in [4.69, 9.17) is 4.74 Å². The zero-order valence-corrected chi connectivity index (χ0v) is 11.6. The molecule has 0 aliphatic carbocycles. The summed E-state index contributed by atoms with van der Waals surface area (Å²) < 4.78 is 30.9. The summed E-state index contributed by atoms with van der Waals surface area (Å²) in [6.07, 6.45) is -0.0173. The summed E-state index contributed by atoms with van der Waals surface area (Å²) in [5.41, 5.74) is 0.800. The van der Waals surface area contributed by atoms with Crippen LogP contribution in [0.5, 0.6) is 0 Å². The van der Waals surface area contributed by atoms with Crippen molar-refractivity contribution in [1.29, 1.82) is 0 Å². The molecule has 1 radical (unpaired) electrons. The van der Waals surface area contributed by atoms with Crippen LogP contribution in [0.4, 0.5) is 4.79 Å². The molecule has 7 nitrogen and oxygen atoms in total. The Morgan fingerprint density at radius 2 is 2.00 bits per heavy atom. The minimum absolute atomic E-state index is 0.0646. The molecule has 0 heterocycles. The Bertz CT molecular complexity index is 542. The topological polar surface area (TPSA) is 98.8 Å². The second-order valence-electron chi connectivity index (χ2n) is 3.85. The van der Waals surface area contributed by atoms with Gasteiger partial charge in [0.2, 0.25) is 6.29 Å². The van der Waals surface area contributed by atoms with Gasteiger partial charge in [-0.05, 0) is 5.56 Å². The molecule has 0 saturated heterocycles. The summed E-state index contributed by atoms with van der Waals surface area (Å²) in [5.74, 6) is 0. The second-order valence-corrected chi connectivity index (χ2v) is 5.45. The van der Waals surface area contributed by atoms with Gasteiger partial charge in [0.25, 0.3) is 10.1 Å². The van der Waals surface area contributed by atoms with Crippen molar-refractivity contribution >= 4 is 22.5 Å². The first kappa shape index (κ1) is 16.1. The minimum atomic E-state index is -3.79. The molecule has 1 rings (SSSR count). The van der Waals surface area contributed by atoms with E-state index in [9.17, 15) is 18.0 Å². The maximum Gasteiger partial charge on any atom is 0.407 e. The van der Waals surface area contributed by atoms with E-state index in [0.717, 1.165) is 11.8 Å². The van der Waals surface area contributed by atoms with E-state index in [2.05, 4.69) is 9.50 Å². The van der Waals surface area contributed by atoms with Crippen molar-refractivity contribution in [3.8, 4) is 0 Å². The summed E-state index contributed by atoms with van der Waals surface area (Å²) in [5, 5.41) is 2.21. The lowest BCUT2D eigenvalue weighted by molar-refractivity contribution is 0.136. The van der Waals surface area contributed by atoms with Crippen LogP contribution in [0.25, 0.3) is 0 Å². The Kier molecular flexibility index (Phi) is 6.13.